The summed E-state index contributed by atoms with van der Waals surface area (Å²) in [5, 5.41) is 7.96. The molecule has 0 unspecified atom stereocenters. The zero-order valence-corrected chi connectivity index (χ0v) is 18.7. The Morgan fingerprint density at radius 3 is 2.15 bits per heavy atom. The van der Waals surface area contributed by atoms with Crippen molar-refractivity contribution in [2.75, 3.05) is 17.7 Å². The number of nitrogens with zero attached hydrogens (tertiary/aromatic N) is 1. The van der Waals surface area contributed by atoms with Crippen LogP contribution in [0.25, 0.3) is 0 Å². The average Bonchev–Trinajstić information content (AvgIpc) is 2.81. The number of carbonyl (C=O) groups excluding carboxylic acids is 3. The van der Waals surface area contributed by atoms with E-state index in [4.69, 9.17) is 4.74 Å². The molecule has 3 aromatic rings. The lowest BCUT2D eigenvalue weighted by atomic mass is 10.1. The molecule has 3 rings (SSSR count). The van der Waals surface area contributed by atoms with Crippen molar-refractivity contribution >= 4 is 35.2 Å². The molecule has 174 valence electrons. The third-order valence-corrected chi connectivity index (χ3v) is 4.37. The van der Waals surface area contributed by atoms with E-state index in [2.05, 4.69) is 25.7 Å². The van der Waals surface area contributed by atoms with Crippen molar-refractivity contribution in [2.24, 2.45) is 4.99 Å². The van der Waals surface area contributed by atoms with Gasteiger partial charge in [0.1, 0.15) is 11.5 Å². The van der Waals surface area contributed by atoms with Gasteiger partial charge in [0, 0.05) is 13.0 Å². The van der Waals surface area contributed by atoms with Crippen LogP contribution < -0.4 is 20.7 Å². The van der Waals surface area contributed by atoms with Gasteiger partial charge in [0.05, 0.1) is 24.9 Å². The zero-order valence-electron chi connectivity index (χ0n) is 18.7. The van der Waals surface area contributed by atoms with Gasteiger partial charge < -0.3 is 20.1 Å². The predicted molar refractivity (Wildman–Crippen MR) is 129 cm³/mol. The number of rotatable bonds is 6. The number of ether oxygens (including phenoxy) is 2. The minimum Gasteiger partial charge on any atom is -0.457 e. The van der Waals surface area contributed by atoms with Crippen LogP contribution in [0.1, 0.15) is 12.5 Å². The second-order valence-electron chi connectivity index (χ2n) is 7.06. The van der Waals surface area contributed by atoms with Crippen LogP contribution in [-0.2, 0) is 20.7 Å². The molecule has 0 aromatic heterocycles. The van der Waals surface area contributed by atoms with Crippen molar-refractivity contribution in [1.29, 1.82) is 0 Å². The van der Waals surface area contributed by atoms with Gasteiger partial charge in [0.15, 0.2) is 0 Å². The Labute approximate surface area is 196 Å². The molecule has 0 aliphatic heterocycles. The lowest BCUT2D eigenvalue weighted by Gasteiger charge is -2.16. The Morgan fingerprint density at radius 1 is 0.824 bits per heavy atom. The fraction of sp³-hybridized carbons (Fsp3) is 0.120. The van der Waals surface area contributed by atoms with Gasteiger partial charge in [-0.15, -0.1) is 0 Å². The molecule has 0 bridgehead atoms. The normalized spacial score (nSPS) is 10.7. The van der Waals surface area contributed by atoms with Gasteiger partial charge in [-0.1, -0.05) is 48.5 Å². The molecule has 3 aromatic carbocycles. The second-order valence-corrected chi connectivity index (χ2v) is 7.06. The number of hydrogen-bond acceptors (Lipinski definition) is 5. The van der Waals surface area contributed by atoms with E-state index in [1.54, 1.807) is 42.5 Å². The monoisotopic (exact) mass is 460 g/mol. The molecular formula is C25H24N4O5. The number of nitrogens with one attached hydrogen (secondary N) is 3. The largest absolute Gasteiger partial charge is 0.457 e. The van der Waals surface area contributed by atoms with Gasteiger partial charge >= 0.3 is 6.09 Å². The topological polar surface area (TPSA) is 118 Å². The summed E-state index contributed by atoms with van der Waals surface area (Å²) < 4.78 is 10.5. The molecule has 0 radical (unpaired) electrons. The Balaban J connectivity index is 1.90. The number of anilines is 2. The number of carbonyl (C=O) groups is 3. The second kappa shape index (κ2) is 11.8. The summed E-state index contributed by atoms with van der Waals surface area (Å²) in [5.41, 5.74) is 1.50. The first kappa shape index (κ1) is 24.0. The Kier molecular flexibility index (Phi) is 8.34. The van der Waals surface area contributed by atoms with Crippen LogP contribution in [0.3, 0.4) is 0 Å². The van der Waals surface area contributed by atoms with Gasteiger partial charge in [0.2, 0.25) is 11.9 Å². The zero-order chi connectivity index (χ0) is 24.3. The summed E-state index contributed by atoms with van der Waals surface area (Å²) in [6.45, 7) is 1.36. The van der Waals surface area contributed by atoms with E-state index in [9.17, 15) is 14.4 Å². The highest BCUT2D eigenvalue weighted by molar-refractivity contribution is 6.09. The van der Waals surface area contributed by atoms with Crippen LogP contribution in [-0.4, -0.2) is 31.0 Å². The average molecular weight is 460 g/mol. The fourth-order valence-corrected chi connectivity index (χ4v) is 2.91. The maximum Gasteiger partial charge on any atom is 0.413 e. The maximum absolute atomic E-state index is 12.5. The van der Waals surface area contributed by atoms with Gasteiger partial charge in [0.25, 0.3) is 5.91 Å². The Hall–Kier alpha value is -4.66. The molecule has 0 saturated carbocycles. The molecule has 0 fully saturated rings. The van der Waals surface area contributed by atoms with Gasteiger partial charge in [-0.2, -0.15) is 4.99 Å². The predicted octanol–water partition coefficient (Wildman–Crippen LogP) is 4.33. The summed E-state index contributed by atoms with van der Waals surface area (Å²) in [5.74, 6) is 0.0923. The lowest BCUT2D eigenvalue weighted by Crippen LogP contribution is -2.37. The Bertz CT molecular complexity index is 1180. The number of guanidine groups is 1. The van der Waals surface area contributed by atoms with E-state index in [1.165, 1.54) is 14.0 Å². The van der Waals surface area contributed by atoms with E-state index in [0.717, 1.165) is 5.56 Å². The summed E-state index contributed by atoms with van der Waals surface area (Å²) >= 11 is 0. The van der Waals surface area contributed by atoms with Crippen LogP contribution in [0, 0.1) is 0 Å². The van der Waals surface area contributed by atoms with Gasteiger partial charge in [-0.05, 0) is 29.8 Å². The molecule has 3 N–H and O–H groups in total. The standard InChI is InChI=1S/C25H24N4O5/c1-17(30)26-21-14-13-20(34-19-11-7-4-8-12-19)16-22(21)27-24(29-25(32)33-2)28-23(31)15-18-9-5-3-6-10-18/h3-14,16H,15H2,1-2H3,(H,26,30)(H2,27,28,29,31,32). The van der Waals surface area contributed by atoms with E-state index < -0.39 is 12.0 Å². The van der Waals surface area contributed by atoms with E-state index in [-0.39, 0.29) is 18.3 Å². The van der Waals surface area contributed by atoms with Crippen molar-refractivity contribution in [3.8, 4) is 11.5 Å². The lowest BCUT2D eigenvalue weighted by molar-refractivity contribution is -0.117. The SMILES string of the molecule is COC(=O)N/C(=N/C(=O)Cc1ccccc1)Nc1cc(Oc2ccccc2)ccc1NC(C)=O. The van der Waals surface area contributed by atoms with Crippen LogP contribution in [0.5, 0.6) is 11.5 Å². The van der Waals surface area contributed by atoms with Crippen molar-refractivity contribution in [3.63, 3.8) is 0 Å². The highest BCUT2D eigenvalue weighted by Crippen LogP contribution is 2.30. The quantitative estimate of drug-likeness (QED) is 0.372. The highest BCUT2D eigenvalue weighted by Gasteiger charge is 2.14. The van der Waals surface area contributed by atoms with Crippen molar-refractivity contribution in [1.82, 2.24) is 5.32 Å². The molecular weight excluding hydrogens is 436 g/mol. The maximum atomic E-state index is 12.5. The molecule has 3 amide bonds. The van der Waals surface area contributed by atoms with Crippen LogP contribution >= 0.6 is 0 Å². The minimum absolute atomic E-state index is 0.0323. The number of amides is 3. The first-order valence-electron chi connectivity index (χ1n) is 10.3. The summed E-state index contributed by atoms with van der Waals surface area (Å²) in [4.78, 5) is 40.1. The molecule has 0 aliphatic rings. The molecule has 0 atom stereocenters. The summed E-state index contributed by atoms with van der Waals surface area (Å²) in [6.07, 6.45) is -0.790. The Morgan fingerprint density at radius 2 is 1.50 bits per heavy atom. The number of aliphatic imine (C=N–C) groups is 1. The number of hydrogen-bond donors (Lipinski definition) is 3. The number of alkyl carbamates (subject to hydrolysis) is 1. The smallest absolute Gasteiger partial charge is 0.413 e. The third-order valence-electron chi connectivity index (χ3n) is 4.37. The van der Waals surface area contributed by atoms with E-state index >= 15 is 0 Å². The molecule has 9 nitrogen and oxygen atoms in total. The summed E-state index contributed by atoms with van der Waals surface area (Å²) in [6, 6.07) is 23.1. The first-order valence-corrected chi connectivity index (χ1v) is 10.3. The molecule has 34 heavy (non-hydrogen) atoms. The van der Waals surface area contributed by atoms with E-state index in [0.29, 0.717) is 22.9 Å². The minimum atomic E-state index is -0.823. The third kappa shape index (κ3) is 7.49. The van der Waals surface area contributed by atoms with Crippen LogP contribution in [0.15, 0.2) is 83.9 Å². The number of benzene rings is 3. The van der Waals surface area contributed by atoms with Crippen LogP contribution in [0.2, 0.25) is 0 Å². The molecule has 0 heterocycles. The van der Waals surface area contributed by atoms with Crippen molar-refractivity contribution in [2.45, 2.75) is 13.3 Å². The van der Waals surface area contributed by atoms with Crippen molar-refractivity contribution < 1.29 is 23.9 Å². The first-order chi connectivity index (χ1) is 16.4. The van der Waals surface area contributed by atoms with Gasteiger partial charge in [-0.3, -0.25) is 14.9 Å². The molecule has 0 saturated heterocycles. The number of methoxy groups -OCH3 is 1. The molecule has 0 aliphatic carbocycles. The van der Waals surface area contributed by atoms with Gasteiger partial charge in [-0.25, -0.2) is 4.79 Å². The summed E-state index contributed by atoms with van der Waals surface area (Å²) in [7, 11) is 1.19. The molecule has 9 heteroatoms. The molecule has 0 spiro atoms. The number of para-hydroxylation sites is 1. The van der Waals surface area contributed by atoms with E-state index in [1.807, 2.05) is 36.4 Å². The highest BCUT2D eigenvalue weighted by atomic mass is 16.5. The fourth-order valence-electron chi connectivity index (χ4n) is 2.91. The van der Waals surface area contributed by atoms with Crippen LogP contribution in [0.4, 0.5) is 16.2 Å². The van der Waals surface area contributed by atoms with Crippen molar-refractivity contribution in [3.05, 3.63) is 84.4 Å².